The van der Waals surface area contributed by atoms with Gasteiger partial charge in [-0.05, 0) is 24.6 Å². The fraction of sp³-hybridized carbons (Fsp3) is 0.500. The van der Waals surface area contributed by atoms with Crippen molar-refractivity contribution in [2.24, 2.45) is 0 Å². The van der Waals surface area contributed by atoms with Crippen LogP contribution in [0.3, 0.4) is 0 Å². The molecule has 0 saturated carbocycles. The fourth-order valence-electron chi connectivity index (χ4n) is 1.69. The Bertz CT molecular complexity index is 351. The van der Waals surface area contributed by atoms with Crippen molar-refractivity contribution < 1.29 is 4.74 Å². The van der Waals surface area contributed by atoms with Crippen LogP contribution in [0.5, 0.6) is 0 Å². The molecule has 4 heteroatoms. The summed E-state index contributed by atoms with van der Waals surface area (Å²) in [6, 6.07) is 6.73. The number of rotatable bonds is 3. The second-order valence-electron chi connectivity index (χ2n) is 4.07. The second-order valence-corrected chi connectivity index (χ2v) is 4.93. The van der Waals surface area contributed by atoms with Crippen LogP contribution in [0.1, 0.15) is 5.56 Å². The van der Waals surface area contributed by atoms with Gasteiger partial charge in [0.05, 0.1) is 13.2 Å². The third-order valence-electron chi connectivity index (χ3n) is 2.72. The van der Waals surface area contributed by atoms with Gasteiger partial charge in [0.1, 0.15) is 0 Å². The monoisotopic (exact) mass is 284 g/mol. The first kappa shape index (κ1) is 11.9. The summed E-state index contributed by atoms with van der Waals surface area (Å²) < 4.78 is 6.55. The van der Waals surface area contributed by atoms with Gasteiger partial charge in [-0.2, -0.15) is 0 Å². The molecule has 1 saturated heterocycles. The molecule has 1 aromatic carbocycles. The summed E-state index contributed by atoms with van der Waals surface area (Å²) in [6.07, 6.45) is 0. The highest BCUT2D eigenvalue weighted by molar-refractivity contribution is 9.10. The van der Waals surface area contributed by atoms with Gasteiger partial charge in [-0.25, -0.2) is 0 Å². The summed E-state index contributed by atoms with van der Waals surface area (Å²) in [5.74, 6) is 0. The number of aryl methyl sites for hydroxylation is 1. The van der Waals surface area contributed by atoms with Gasteiger partial charge in [0.2, 0.25) is 0 Å². The maximum absolute atomic E-state index is 5.40. The van der Waals surface area contributed by atoms with E-state index in [1.807, 2.05) is 0 Å². The van der Waals surface area contributed by atoms with Crippen molar-refractivity contribution in [3.63, 3.8) is 0 Å². The molecule has 1 aliphatic heterocycles. The minimum Gasteiger partial charge on any atom is -0.383 e. The van der Waals surface area contributed by atoms with Crippen LogP contribution in [0, 0.1) is 6.92 Å². The fourth-order valence-corrected chi connectivity index (χ4v) is 2.07. The topological polar surface area (TPSA) is 33.3 Å². The second kappa shape index (κ2) is 5.66. The quantitative estimate of drug-likeness (QED) is 0.893. The van der Waals surface area contributed by atoms with Crippen molar-refractivity contribution in [3.8, 4) is 0 Å². The van der Waals surface area contributed by atoms with E-state index in [1.165, 1.54) is 5.56 Å². The molecule has 1 aromatic rings. The number of hydrogen-bond acceptors (Lipinski definition) is 3. The number of hydrogen-bond donors (Lipinski definition) is 2. The van der Waals surface area contributed by atoms with Gasteiger partial charge in [-0.1, -0.05) is 22.0 Å². The van der Waals surface area contributed by atoms with E-state index in [0.29, 0.717) is 6.04 Å². The van der Waals surface area contributed by atoms with E-state index in [1.54, 1.807) is 0 Å². The summed E-state index contributed by atoms with van der Waals surface area (Å²) in [5.41, 5.74) is 2.40. The summed E-state index contributed by atoms with van der Waals surface area (Å²) >= 11 is 3.53. The molecule has 1 heterocycles. The van der Waals surface area contributed by atoms with Crippen LogP contribution >= 0.6 is 15.9 Å². The van der Waals surface area contributed by atoms with E-state index < -0.39 is 0 Å². The molecular weight excluding hydrogens is 268 g/mol. The third kappa shape index (κ3) is 3.20. The minimum absolute atomic E-state index is 0.411. The molecule has 1 aliphatic rings. The van der Waals surface area contributed by atoms with E-state index in [0.717, 1.165) is 36.5 Å². The lowest BCUT2D eigenvalue weighted by Gasteiger charge is -2.24. The predicted octanol–water partition coefficient (Wildman–Crippen LogP) is 2.16. The smallest absolute Gasteiger partial charge is 0.0637 e. The molecule has 0 aromatic heterocycles. The molecule has 0 aliphatic carbocycles. The largest absolute Gasteiger partial charge is 0.383 e. The molecule has 1 atom stereocenters. The molecule has 0 bridgehead atoms. The SMILES string of the molecule is Cc1ccc(NCC2COCCN2)cc1Br. The normalized spacial score (nSPS) is 20.8. The molecule has 1 unspecified atom stereocenters. The van der Waals surface area contributed by atoms with Crippen LogP contribution in [-0.2, 0) is 4.74 Å². The summed E-state index contributed by atoms with van der Waals surface area (Å²) in [7, 11) is 0. The summed E-state index contributed by atoms with van der Waals surface area (Å²) in [4.78, 5) is 0. The van der Waals surface area contributed by atoms with Crippen molar-refractivity contribution in [1.82, 2.24) is 5.32 Å². The molecule has 0 radical (unpaired) electrons. The Morgan fingerprint density at radius 1 is 1.56 bits per heavy atom. The van der Waals surface area contributed by atoms with E-state index in [4.69, 9.17) is 4.74 Å². The van der Waals surface area contributed by atoms with Crippen molar-refractivity contribution in [3.05, 3.63) is 28.2 Å². The molecule has 16 heavy (non-hydrogen) atoms. The van der Waals surface area contributed by atoms with Crippen LogP contribution in [-0.4, -0.2) is 32.3 Å². The Balaban J connectivity index is 1.86. The van der Waals surface area contributed by atoms with Gasteiger partial charge in [0, 0.05) is 29.3 Å². The molecule has 1 fully saturated rings. The Hall–Kier alpha value is -0.580. The first-order valence-corrected chi connectivity index (χ1v) is 6.36. The summed E-state index contributed by atoms with van der Waals surface area (Å²) in [6.45, 7) is 5.55. The Kier molecular flexibility index (Phi) is 4.21. The third-order valence-corrected chi connectivity index (χ3v) is 3.58. The predicted molar refractivity (Wildman–Crippen MR) is 70.0 cm³/mol. The van der Waals surface area contributed by atoms with Crippen molar-refractivity contribution in [2.75, 3.05) is 31.6 Å². The van der Waals surface area contributed by atoms with Crippen LogP contribution in [0.4, 0.5) is 5.69 Å². The zero-order valence-corrected chi connectivity index (χ0v) is 11.0. The highest BCUT2D eigenvalue weighted by Crippen LogP contribution is 2.20. The Morgan fingerprint density at radius 2 is 2.44 bits per heavy atom. The molecule has 2 N–H and O–H groups in total. The molecular formula is C12H17BrN2O. The van der Waals surface area contributed by atoms with Crippen molar-refractivity contribution in [2.45, 2.75) is 13.0 Å². The minimum atomic E-state index is 0.411. The van der Waals surface area contributed by atoms with E-state index >= 15 is 0 Å². The van der Waals surface area contributed by atoms with Crippen LogP contribution in [0.2, 0.25) is 0 Å². The van der Waals surface area contributed by atoms with Gasteiger partial charge in [0.25, 0.3) is 0 Å². The Labute approximate surface area is 105 Å². The lowest BCUT2D eigenvalue weighted by atomic mass is 10.2. The number of anilines is 1. The van der Waals surface area contributed by atoms with Gasteiger partial charge < -0.3 is 15.4 Å². The van der Waals surface area contributed by atoms with Crippen LogP contribution in [0.15, 0.2) is 22.7 Å². The number of ether oxygens (including phenoxy) is 1. The number of morpholine rings is 1. The van der Waals surface area contributed by atoms with E-state index in [9.17, 15) is 0 Å². The number of benzene rings is 1. The maximum atomic E-state index is 5.40. The van der Waals surface area contributed by atoms with E-state index in [-0.39, 0.29) is 0 Å². The molecule has 3 nitrogen and oxygen atoms in total. The standard InChI is InChI=1S/C12H17BrN2O/c1-9-2-3-10(6-12(9)13)15-7-11-8-16-5-4-14-11/h2-3,6,11,14-15H,4-5,7-8H2,1H3. The molecule has 0 spiro atoms. The van der Waals surface area contributed by atoms with Crippen molar-refractivity contribution >= 4 is 21.6 Å². The van der Waals surface area contributed by atoms with E-state index in [2.05, 4.69) is 51.7 Å². The van der Waals surface area contributed by atoms with Crippen LogP contribution < -0.4 is 10.6 Å². The molecule has 0 amide bonds. The zero-order chi connectivity index (χ0) is 11.4. The number of halogens is 1. The first-order chi connectivity index (χ1) is 7.75. The first-order valence-electron chi connectivity index (χ1n) is 5.57. The number of nitrogens with one attached hydrogen (secondary N) is 2. The average Bonchev–Trinajstić information content (AvgIpc) is 2.32. The van der Waals surface area contributed by atoms with Crippen molar-refractivity contribution in [1.29, 1.82) is 0 Å². The van der Waals surface area contributed by atoms with Crippen LogP contribution in [0.25, 0.3) is 0 Å². The molecule has 2 rings (SSSR count). The maximum Gasteiger partial charge on any atom is 0.0637 e. The van der Waals surface area contributed by atoms with Gasteiger partial charge in [-0.15, -0.1) is 0 Å². The summed E-state index contributed by atoms with van der Waals surface area (Å²) in [5, 5.41) is 6.83. The van der Waals surface area contributed by atoms with Gasteiger partial charge >= 0.3 is 0 Å². The van der Waals surface area contributed by atoms with Gasteiger partial charge in [0.15, 0.2) is 0 Å². The average molecular weight is 285 g/mol. The zero-order valence-electron chi connectivity index (χ0n) is 9.42. The lowest BCUT2D eigenvalue weighted by Crippen LogP contribution is -2.45. The highest BCUT2D eigenvalue weighted by atomic mass is 79.9. The Morgan fingerprint density at radius 3 is 3.12 bits per heavy atom. The lowest BCUT2D eigenvalue weighted by molar-refractivity contribution is 0.0806. The molecule has 88 valence electrons. The van der Waals surface area contributed by atoms with Gasteiger partial charge in [-0.3, -0.25) is 0 Å². The highest BCUT2D eigenvalue weighted by Gasteiger charge is 2.12.